The first-order chi connectivity index (χ1) is 14.5. The van der Waals surface area contributed by atoms with Crippen LogP contribution in [0.15, 0.2) is 76.5 Å². The number of rotatable bonds is 8. The molecule has 0 bridgehead atoms. The third-order valence-electron chi connectivity index (χ3n) is 4.21. The van der Waals surface area contributed by atoms with Crippen LogP contribution >= 0.6 is 23.4 Å². The van der Waals surface area contributed by atoms with Crippen molar-refractivity contribution in [2.24, 2.45) is 0 Å². The second kappa shape index (κ2) is 9.52. The smallest absolute Gasteiger partial charge is 0.261 e. The van der Waals surface area contributed by atoms with Crippen LogP contribution in [0.5, 0.6) is 0 Å². The number of halogens is 1. The van der Waals surface area contributed by atoms with Gasteiger partial charge in [-0.3, -0.25) is 9.44 Å². The van der Waals surface area contributed by atoms with E-state index in [1.165, 1.54) is 30.0 Å². The van der Waals surface area contributed by atoms with Crippen LogP contribution in [-0.2, 0) is 25.8 Å². The van der Waals surface area contributed by atoms with Gasteiger partial charge >= 0.3 is 0 Å². The zero-order valence-corrected chi connectivity index (χ0v) is 20.0. The Hall–Kier alpha value is -2.20. The van der Waals surface area contributed by atoms with Crippen molar-refractivity contribution in [3.63, 3.8) is 0 Å². The van der Waals surface area contributed by atoms with Gasteiger partial charge in [0, 0.05) is 15.7 Å². The molecule has 0 fully saturated rings. The van der Waals surface area contributed by atoms with Gasteiger partial charge in [-0.05, 0) is 48.9 Å². The summed E-state index contributed by atoms with van der Waals surface area (Å²) in [6.45, 7) is 1.86. The lowest BCUT2D eigenvalue weighted by molar-refractivity contribution is 0.600. The second-order valence-electron chi connectivity index (χ2n) is 6.88. The highest BCUT2D eigenvalue weighted by atomic mass is 35.5. The maximum absolute atomic E-state index is 12.9. The van der Waals surface area contributed by atoms with Gasteiger partial charge in [-0.1, -0.05) is 47.5 Å². The van der Waals surface area contributed by atoms with Crippen LogP contribution in [0.3, 0.4) is 0 Å². The van der Waals surface area contributed by atoms with Crippen molar-refractivity contribution >= 4 is 54.8 Å². The standard InChI is InChI=1S/C21H21ClN2O4S3/c1-15-7-10-18(11-8-15)31(27,28)24-21-13-17(9-12-20(21)23-30(2,25)26)29-14-16-5-3-4-6-19(16)22/h3-13,23-24H,14H2,1-2H3. The van der Waals surface area contributed by atoms with Crippen molar-refractivity contribution in [1.82, 2.24) is 0 Å². The first-order valence-electron chi connectivity index (χ1n) is 9.11. The third-order valence-corrected chi connectivity index (χ3v) is 7.60. The summed E-state index contributed by atoms with van der Waals surface area (Å²) in [4.78, 5) is 0.832. The lowest BCUT2D eigenvalue weighted by Crippen LogP contribution is -2.16. The van der Waals surface area contributed by atoms with Crippen LogP contribution < -0.4 is 9.44 Å². The minimum atomic E-state index is -3.91. The molecule has 0 aromatic heterocycles. The molecular weight excluding hydrogens is 476 g/mol. The first kappa shape index (κ1) is 23.5. The normalized spacial score (nSPS) is 11.8. The summed E-state index contributed by atoms with van der Waals surface area (Å²) in [6, 6.07) is 18.7. The van der Waals surface area contributed by atoms with Gasteiger partial charge in [0.05, 0.1) is 22.5 Å². The van der Waals surface area contributed by atoms with Crippen molar-refractivity contribution < 1.29 is 16.8 Å². The van der Waals surface area contributed by atoms with E-state index in [4.69, 9.17) is 11.6 Å². The molecule has 0 aliphatic rings. The molecule has 0 saturated carbocycles. The Labute approximate surface area is 192 Å². The monoisotopic (exact) mass is 496 g/mol. The molecule has 0 aliphatic carbocycles. The Bertz CT molecular complexity index is 1290. The highest BCUT2D eigenvalue weighted by Crippen LogP contribution is 2.33. The summed E-state index contributed by atoms with van der Waals surface area (Å²) in [7, 11) is -7.52. The molecule has 3 aromatic rings. The van der Waals surface area contributed by atoms with E-state index in [1.807, 2.05) is 25.1 Å². The highest BCUT2D eigenvalue weighted by molar-refractivity contribution is 7.98. The molecule has 0 amide bonds. The number of hydrogen-bond donors (Lipinski definition) is 2. The molecule has 0 radical (unpaired) electrons. The van der Waals surface area contributed by atoms with Crippen molar-refractivity contribution in [2.45, 2.75) is 22.5 Å². The van der Waals surface area contributed by atoms with E-state index in [0.29, 0.717) is 10.8 Å². The Morgan fingerprint density at radius 2 is 1.55 bits per heavy atom. The average molecular weight is 497 g/mol. The van der Waals surface area contributed by atoms with E-state index >= 15 is 0 Å². The maximum Gasteiger partial charge on any atom is 0.261 e. The van der Waals surface area contributed by atoms with E-state index in [9.17, 15) is 16.8 Å². The lowest BCUT2D eigenvalue weighted by Gasteiger charge is -2.15. The Balaban J connectivity index is 1.92. The molecule has 0 aliphatic heterocycles. The van der Waals surface area contributed by atoms with Gasteiger partial charge in [0.1, 0.15) is 0 Å². The molecule has 31 heavy (non-hydrogen) atoms. The number of sulfonamides is 2. The number of anilines is 2. The SMILES string of the molecule is Cc1ccc(S(=O)(=O)Nc2cc(SCc3ccccc3Cl)ccc2NS(C)(=O)=O)cc1. The molecule has 0 atom stereocenters. The van der Waals surface area contributed by atoms with Crippen LogP contribution in [0, 0.1) is 6.92 Å². The van der Waals surface area contributed by atoms with Crippen molar-refractivity contribution in [3.8, 4) is 0 Å². The third kappa shape index (κ3) is 6.64. The molecule has 0 heterocycles. The van der Waals surface area contributed by atoms with E-state index in [-0.39, 0.29) is 16.3 Å². The fourth-order valence-electron chi connectivity index (χ4n) is 2.68. The Kier molecular flexibility index (Phi) is 7.20. The van der Waals surface area contributed by atoms with Gasteiger partial charge in [-0.25, -0.2) is 16.8 Å². The van der Waals surface area contributed by atoms with E-state index in [2.05, 4.69) is 9.44 Å². The predicted molar refractivity (Wildman–Crippen MR) is 128 cm³/mol. The topological polar surface area (TPSA) is 92.3 Å². The van der Waals surface area contributed by atoms with Crippen LogP contribution in [0.2, 0.25) is 5.02 Å². The Morgan fingerprint density at radius 3 is 2.19 bits per heavy atom. The highest BCUT2D eigenvalue weighted by Gasteiger charge is 2.18. The molecule has 3 aromatic carbocycles. The molecule has 6 nitrogen and oxygen atoms in total. The minimum absolute atomic E-state index is 0.0810. The molecule has 2 N–H and O–H groups in total. The van der Waals surface area contributed by atoms with Gasteiger partial charge in [-0.2, -0.15) is 0 Å². The zero-order valence-electron chi connectivity index (χ0n) is 16.8. The lowest BCUT2D eigenvalue weighted by atomic mass is 10.2. The van der Waals surface area contributed by atoms with Gasteiger partial charge in [0.15, 0.2) is 0 Å². The van der Waals surface area contributed by atoms with Gasteiger partial charge in [-0.15, -0.1) is 11.8 Å². The quantitative estimate of drug-likeness (QED) is 0.422. The molecule has 0 unspecified atom stereocenters. The zero-order chi connectivity index (χ0) is 22.6. The molecular formula is C21H21ClN2O4S3. The summed E-state index contributed by atoms with van der Waals surface area (Å²) in [6.07, 6.45) is 1.01. The summed E-state index contributed by atoms with van der Waals surface area (Å²) in [5.74, 6) is 0.572. The van der Waals surface area contributed by atoms with Crippen LogP contribution in [0.25, 0.3) is 0 Å². The average Bonchev–Trinajstić information content (AvgIpc) is 2.68. The van der Waals surface area contributed by atoms with Crippen LogP contribution in [-0.4, -0.2) is 23.1 Å². The summed E-state index contributed by atoms with van der Waals surface area (Å²) in [5.41, 5.74) is 2.14. The van der Waals surface area contributed by atoms with Crippen molar-refractivity contribution in [2.75, 3.05) is 15.7 Å². The van der Waals surface area contributed by atoms with Crippen molar-refractivity contribution in [3.05, 3.63) is 82.9 Å². The van der Waals surface area contributed by atoms with E-state index < -0.39 is 20.0 Å². The molecule has 10 heteroatoms. The molecule has 0 saturated heterocycles. The second-order valence-corrected chi connectivity index (χ2v) is 11.8. The molecule has 0 spiro atoms. The fraction of sp³-hybridized carbons (Fsp3) is 0.143. The van der Waals surface area contributed by atoms with Crippen LogP contribution in [0.4, 0.5) is 11.4 Å². The summed E-state index contributed by atoms with van der Waals surface area (Å²) >= 11 is 7.66. The largest absolute Gasteiger partial charge is 0.282 e. The summed E-state index contributed by atoms with van der Waals surface area (Å²) < 4.78 is 54.1. The number of benzene rings is 3. The first-order valence-corrected chi connectivity index (χ1v) is 13.8. The number of thioether (sulfide) groups is 1. The number of aryl methyl sites for hydroxylation is 1. The number of nitrogens with one attached hydrogen (secondary N) is 2. The summed E-state index contributed by atoms with van der Waals surface area (Å²) in [5, 5.41) is 0.644. The fourth-order valence-corrected chi connectivity index (χ4v) is 5.55. The minimum Gasteiger partial charge on any atom is -0.282 e. The van der Waals surface area contributed by atoms with Gasteiger partial charge in [0.2, 0.25) is 10.0 Å². The van der Waals surface area contributed by atoms with Crippen LogP contribution in [0.1, 0.15) is 11.1 Å². The molecule has 3 rings (SSSR count). The van der Waals surface area contributed by atoms with E-state index in [1.54, 1.807) is 30.3 Å². The Morgan fingerprint density at radius 1 is 0.871 bits per heavy atom. The maximum atomic E-state index is 12.9. The molecule has 164 valence electrons. The van der Waals surface area contributed by atoms with Gasteiger partial charge in [0.25, 0.3) is 10.0 Å². The van der Waals surface area contributed by atoms with Gasteiger partial charge < -0.3 is 0 Å². The number of hydrogen-bond acceptors (Lipinski definition) is 5. The van der Waals surface area contributed by atoms with Crippen molar-refractivity contribution in [1.29, 1.82) is 0 Å². The van der Waals surface area contributed by atoms with E-state index in [0.717, 1.165) is 22.3 Å². The predicted octanol–water partition coefficient (Wildman–Crippen LogP) is 5.11.